The van der Waals surface area contributed by atoms with Crippen molar-refractivity contribution >= 4 is 27.3 Å². The van der Waals surface area contributed by atoms with Crippen LogP contribution < -0.4 is 0 Å². The van der Waals surface area contributed by atoms with Crippen LogP contribution in [-0.2, 0) is 15.9 Å². The molecule has 1 unspecified atom stereocenters. The number of aromatic nitrogens is 3. The summed E-state index contributed by atoms with van der Waals surface area (Å²) in [6.45, 7) is 19.3. The molecule has 0 aliphatic heterocycles. The van der Waals surface area contributed by atoms with Gasteiger partial charge in [0, 0.05) is 38.0 Å². The van der Waals surface area contributed by atoms with Gasteiger partial charge in [0.15, 0.2) is 8.32 Å². The Morgan fingerprint density at radius 3 is 2.39 bits per heavy atom. The molecule has 0 spiro atoms. The number of rotatable bonds is 9. The Hall–Kier alpha value is -1.07. The first-order chi connectivity index (χ1) is 12.8. The summed E-state index contributed by atoms with van der Waals surface area (Å²) in [6, 6.07) is 1.11. The fraction of sp³-hybridized carbons (Fsp3) is 0.700. The van der Waals surface area contributed by atoms with Crippen LogP contribution in [0.4, 0.5) is 0 Å². The van der Waals surface area contributed by atoms with Crippen LogP contribution in [0.1, 0.15) is 32.4 Å². The average Bonchev–Trinajstić information content (AvgIpc) is 2.98. The quantitative estimate of drug-likeness (QED) is 0.463. The third-order valence-corrected chi connectivity index (χ3v) is 11.8. The topological polar surface area (TPSA) is 69.4 Å². The van der Waals surface area contributed by atoms with Gasteiger partial charge in [0.1, 0.15) is 12.8 Å². The Kier molecular flexibility index (Phi) is 7.25. The molecule has 0 saturated carbocycles. The van der Waals surface area contributed by atoms with E-state index in [9.17, 15) is 5.11 Å². The molecule has 1 N–H and O–H groups in total. The standard InChI is InChI=1S/C20H37N3O3Si2/c1-20(2,3)28(7,8)26-14-18(24)17-13-21-11-16-12-22-23(19(16)17)15-25-9-10-27(4,5)6/h11-13,18,24H,9-10,14-15H2,1-8H3. The number of aliphatic hydroxyl groups is 1. The molecular weight excluding hydrogens is 386 g/mol. The van der Waals surface area contributed by atoms with Crippen molar-refractivity contribution in [3.63, 3.8) is 0 Å². The lowest BCUT2D eigenvalue weighted by Crippen LogP contribution is -2.41. The Bertz CT molecular complexity index is 779. The van der Waals surface area contributed by atoms with Crippen LogP contribution in [0.5, 0.6) is 0 Å². The number of pyridine rings is 1. The molecule has 158 valence electrons. The molecule has 2 aromatic heterocycles. The number of nitrogens with zero attached hydrogens (tertiary/aromatic N) is 3. The first kappa shape index (κ1) is 23.2. The smallest absolute Gasteiger partial charge is 0.192 e. The molecular formula is C20H37N3O3Si2. The van der Waals surface area contributed by atoms with Crippen molar-refractivity contribution in [2.45, 2.75) is 77.4 Å². The van der Waals surface area contributed by atoms with Gasteiger partial charge in [-0.05, 0) is 24.2 Å². The highest BCUT2D eigenvalue weighted by Crippen LogP contribution is 2.37. The predicted molar refractivity (Wildman–Crippen MR) is 120 cm³/mol. The van der Waals surface area contributed by atoms with E-state index >= 15 is 0 Å². The van der Waals surface area contributed by atoms with Crippen molar-refractivity contribution in [3.8, 4) is 0 Å². The molecule has 2 rings (SSSR count). The van der Waals surface area contributed by atoms with Gasteiger partial charge in [0.25, 0.3) is 0 Å². The highest BCUT2D eigenvalue weighted by Gasteiger charge is 2.37. The van der Waals surface area contributed by atoms with E-state index < -0.39 is 22.5 Å². The van der Waals surface area contributed by atoms with Crippen molar-refractivity contribution in [3.05, 3.63) is 24.2 Å². The summed E-state index contributed by atoms with van der Waals surface area (Å²) in [7, 11) is -3.06. The van der Waals surface area contributed by atoms with E-state index in [1.165, 1.54) is 0 Å². The van der Waals surface area contributed by atoms with Crippen LogP contribution in [0.2, 0.25) is 43.8 Å². The summed E-state index contributed by atoms with van der Waals surface area (Å²) in [5.74, 6) is 0. The fourth-order valence-electron chi connectivity index (χ4n) is 2.53. The highest BCUT2D eigenvalue weighted by molar-refractivity contribution is 6.76. The Morgan fingerprint density at radius 1 is 1.11 bits per heavy atom. The molecule has 2 heterocycles. The zero-order chi connectivity index (χ0) is 21.2. The van der Waals surface area contributed by atoms with Crippen LogP contribution in [0.15, 0.2) is 18.6 Å². The molecule has 8 heteroatoms. The van der Waals surface area contributed by atoms with E-state index in [1.54, 1.807) is 18.6 Å². The number of hydrogen-bond donors (Lipinski definition) is 1. The summed E-state index contributed by atoms with van der Waals surface area (Å²) in [5.41, 5.74) is 1.61. The zero-order valence-corrected chi connectivity index (χ0v) is 20.7. The number of hydrogen-bond acceptors (Lipinski definition) is 5. The minimum absolute atomic E-state index is 0.100. The molecule has 0 fully saturated rings. The minimum Gasteiger partial charge on any atom is -0.414 e. The van der Waals surface area contributed by atoms with E-state index in [-0.39, 0.29) is 11.6 Å². The lowest BCUT2D eigenvalue weighted by molar-refractivity contribution is 0.0798. The van der Waals surface area contributed by atoms with Crippen molar-refractivity contribution in [1.82, 2.24) is 14.8 Å². The molecule has 2 aromatic rings. The van der Waals surface area contributed by atoms with Crippen molar-refractivity contribution in [1.29, 1.82) is 0 Å². The number of aliphatic hydroxyl groups excluding tert-OH is 1. The van der Waals surface area contributed by atoms with E-state index in [0.29, 0.717) is 6.73 Å². The first-order valence-corrected chi connectivity index (χ1v) is 16.6. The lowest BCUT2D eigenvalue weighted by atomic mass is 10.1. The molecule has 28 heavy (non-hydrogen) atoms. The Morgan fingerprint density at radius 2 is 1.79 bits per heavy atom. The van der Waals surface area contributed by atoms with Crippen LogP contribution >= 0.6 is 0 Å². The van der Waals surface area contributed by atoms with E-state index in [2.05, 4.69) is 63.6 Å². The van der Waals surface area contributed by atoms with Crippen LogP contribution in [0.25, 0.3) is 10.9 Å². The van der Waals surface area contributed by atoms with Crippen LogP contribution in [0.3, 0.4) is 0 Å². The van der Waals surface area contributed by atoms with E-state index in [0.717, 1.165) is 29.1 Å². The molecule has 0 saturated heterocycles. The van der Waals surface area contributed by atoms with Crippen LogP contribution in [0, 0.1) is 0 Å². The zero-order valence-electron chi connectivity index (χ0n) is 18.7. The second kappa shape index (κ2) is 8.75. The van der Waals surface area contributed by atoms with Gasteiger partial charge in [-0.2, -0.15) is 5.10 Å². The molecule has 0 radical (unpaired) electrons. The summed E-state index contributed by atoms with van der Waals surface area (Å²) in [6.07, 6.45) is 4.51. The normalized spacial score (nSPS) is 14.6. The number of fused-ring (bicyclic) bond motifs is 1. The fourth-order valence-corrected chi connectivity index (χ4v) is 4.30. The third-order valence-electron chi connectivity index (χ3n) is 5.55. The number of ether oxygens (including phenoxy) is 1. The van der Waals surface area contributed by atoms with Crippen LogP contribution in [-0.4, -0.2) is 49.5 Å². The van der Waals surface area contributed by atoms with Crippen molar-refractivity contribution in [2.75, 3.05) is 13.2 Å². The van der Waals surface area contributed by atoms with Gasteiger partial charge in [-0.1, -0.05) is 40.4 Å². The second-order valence-electron chi connectivity index (χ2n) is 10.2. The van der Waals surface area contributed by atoms with Gasteiger partial charge in [-0.15, -0.1) is 0 Å². The Balaban J connectivity index is 2.13. The summed E-state index contributed by atoms with van der Waals surface area (Å²) < 4.78 is 13.9. The Labute approximate surface area is 171 Å². The molecule has 0 amide bonds. The highest BCUT2D eigenvalue weighted by atomic mass is 28.4. The minimum atomic E-state index is -1.93. The first-order valence-electron chi connectivity index (χ1n) is 10.0. The summed E-state index contributed by atoms with van der Waals surface area (Å²) in [5, 5.41) is 16.3. The average molecular weight is 424 g/mol. The molecule has 6 nitrogen and oxygen atoms in total. The van der Waals surface area contributed by atoms with Gasteiger partial charge < -0.3 is 14.3 Å². The monoisotopic (exact) mass is 423 g/mol. The molecule has 0 bridgehead atoms. The maximum atomic E-state index is 10.8. The maximum Gasteiger partial charge on any atom is 0.192 e. The van der Waals surface area contributed by atoms with Gasteiger partial charge in [-0.25, -0.2) is 4.68 Å². The maximum absolute atomic E-state index is 10.8. The third kappa shape index (κ3) is 5.96. The molecule has 0 aliphatic carbocycles. The summed E-state index contributed by atoms with van der Waals surface area (Å²) in [4.78, 5) is 4.28. The van der Waals surface area contributed by atoms with Crippen molar-refractivity contribution in [2.24, 2.45) is 0 Å². The molecule has 0 aromatic carbocycles. The van der Waals surface area contributed by atoms with Gasteiger partial charge in [0.05, 0.1) is 18.3 Å². The predicted octanol–water partition coefficient (Wildman–Crippen LogP) is 4.80. The van der Waals surface area contributed by atoms with E-state index in [1.807, 2.05) is 4.68 Å². The SMILES string of the molecule is CC(C)(C)[Si](C)(C)OCC(O)c1cncc2cnn(COCC[Si](C)(C)C)c12. The van der Waals surface area contributed by atoms with Gasteiger partial charge in [0.2, 0.25) is 0 Å². The largest absolute Gasteiger partial charge is 0.414 e. The molecule has 0 aliphatic rings. The second-order valence-corrected chi connectivity index (χ2v) is 20.7. The van der Waals surface area contributed by atoms with Crippen molar-refractivity contribution < 1.29 is 14.3 Å². The van der Waals surface area contributed by atoms with Gasteiger partial charge >= 0.3 is 0 Å². The van der Waals surface area contributed by atoms with E-state index in [4.69, 9.17) is 9.16 Å². The molecule has 1 atom stereocenters. The summed E-state index contributed by atoms with van der Waals surface area (Å²) >= 11 is 0. The lowest BCUT2D eigenvalue weighted by Gasteiger charge is -2.36. The van der Waals surface area contributed by atoms with Gasteiger partial charge in [-0.3, -0.25) is 4.98 Å².